The molecule has 4 N–H and O–H groups in total. The molecule has 1 amide bonds. The summed E-state index contributed by atoms with van der Waals surface area (Å²) in [6.45, 7) is 5.41. The number of anilines is 2. The fourth-order valence-electron chi connectivity index (χ4n) is 7.63. The Balaban J connectivity index is 1.09. The molecular weight excluding hydrogens is 725 g/mol. The van der Waals surface area contributed by atoms with Gasteiger partial charge in [0, 0.05) is 62.3 Å². The predicted molar refractivity (Wildman–Crippen MR) is 209 cm³/mol. The zero-order valence-electron chi connectivity index (χ0n) is 31.1. The van der Waals surface area contributed by atoms with Crippen LogP contribution in [0.3, 0.4) is 0 Å². The molecule has 1 aliphatic carbocycles. The SMILES string of the molecule is COc1cc(OC2CCc3c(-c4cccc(NC(=O)c5nc6c(n5C)CCN(C(C)CO)C6)c4C)cccc32)c(Cl)c(F)c1CNc1cccc(C(=O)O)c1. The molecule has 0 radical (unpaired) electrons. The maximum absolute atomic E-state index is 15.8. The summed E-state index contributed by atoms with van der Waals surface area (Å²) >= 11 is 6.58. The molecule has 2 heterocycles. The van der Waals surface area contributed by atoms with Crippen LogP contribution in [0.4, 0.5) is 15.8 Å². The second kappa shape index (κ2) is 15.7. The molecule has 286 valence electrons. The standard InChI is InChI=1S/C42H43ClFN5O6/c1-23(22-50)49-17-16-34-33(21-49)46-40(48(34)3)41(51)47-32-13-7-10-27(24(32)2)28-11-6-12-30-29(28)14-15-35(30)55-37-19-36(54-4)31(39(44)38(37)43)20-45-26-9-5-8-25(18-26)42(52)53/h5-13,18-19,23,35,45,50H,14-17,20-22H2,1-4H3,(H,47,51)(H,52,53). The molecule has 2 aliphatic rings. The van der Waals surface area contributed by atoms with Gasteiger partial charge in [-0.15, -0.1) is 0 Å². The molecule has 2 atom stereocenters. The molecule has 0 fully saturated rings. The molecular formula is C42H43ClFN5O6. The lowest BCUT2D eigenvalue weighted by molar-refractivity contribution is 0.0696. The topological polar surface area (TPSA) is 138 Å². The Labute approximate surface area is 323 Å². The highest BCUT2D eigenvalue weighted by atomic mass is 35.5. The summed E-state index contributed by atoms with van der Waals surface area (Å²) < 4.78 is 29.7. The number of carboxylic acids is 1. The van der Waals surface area contributed by atoms with E-state index in [0.29, 0.717) is 36.6 Å². The fraction of sp³-hybridized carbons (Fsp3) is 0.310. The van der Waals surface area contributed by atoms with Crippen molar-refractivity contribution in [1.82, 2.24) is 14.5 Å². The van der Waals surface area contributed by atoms with Crippen LogP contribution in [0.25, 0.3) is 11.1 Å². The molecule has 0 spiro atoms. The summed E-state index contributed by atoms with van der Waals surface area (Å²) in [5, 5.41) is 24.9. The fourth-order valence-corrected chi connectivity index (χ4v) is 7.85. The van der Waals surface area contributed by atoms with Gasteiger partial charge in [0.2, 0.25) is 0 Å². The smallest absolute Gasteiger partial charge is 0.335 e. The Bertz CT molecular complexity index is 2290. The first-order valence-electron chi connectivity index (χ1n) is 18.2. The molecule has 11 nitrogen and oxygen atoms in total. The maximum atomic E-state index is 15.8. The number of carboxylic acid groups (broad SMARTS) is 1. The average molecular weight is 768 g/mol. The van der Waals surface area contributed by atoms with Gasteiger partial charge in [0.05, 0.1) is 30.5 Å². The van der Waals surface area contributed by atoms with Gasteiger partial charge in [-0.05, 0) is 78.8 Å². The van der Waals surface area contributed by atoms with Crippen molar-refractivity contribution in [2.75, 3.05) is 30.9 Å². The van der Waals surface area contributed by atoms with E-state index in [1.165, 1.54) is 19.2 Å². The normalized spacial score (nSPS) is 15.6. The summed E-state index contributed by atoms with van der Waals surface area (Å²) in [4.78, 5) is 31.9. The van der Waals surface area contributed by atoms with Crippen molar-refractivity contribution in [3.8, 4) is 22.6 Å². The lowest BCUT2D eigenvalue weighted by Crippen LogP contribution is -2.39. The van der Waals surface area contributed by atoms with Crippen molar-refractivity contribution >= 4 is 34.9 Å². The van der Waals surface area contributed by atoms with Gasteiger partial charge in [-0.1, -0.05) is 48.0 Å². The number of rotatable bonds is 12. The van der Waals surface area contributed by atoms with Crippen molar-refractivity contribution in [3.05, 3.63) is 123 Å². The van der Waals surface area contributed by atoms with Gasteiger partial charge in [0.15, 0.2) is 11.6 Å². The van der Waals surface area contributed by atoms with Crippen molar-refractivity contribution in [2.45, 2.75) is 58.3 Å². The number of aromatic carboxylic acids is 1. The summed E-state index contributed by atoms with van der Waals surface area (Å²) in [6, 6.07) is 19.7. The highest BCUT2D eigenvalue weighted by Crippen LogP contribution is 2.45. The Hall–Kier alpha value is -5.43. The van der Waals surface area contributed by atoms with E-state index in [0.717, 1.165) is 52.2 Å². The second-order valence-electron chi connectivity index (χ2n) is 14.0. The van der Waals surface area contributed by atoms with Gasteiger partial charge < -0.3 is 34.9 Å². The molecule has 13 heteroatoms. The van der Waals surface area contributed by atoms with E-state index in [1.54, 1.807) is 18.2 Å². The van der Waals surface area contributed by atoms with Gasteiger partial charge in [-0.2, -0.15) is 0 Å². The number of aliphatic hydroxyl groups excluding tert-OH is 1. The predicted octanol–water partition coefficient (Wildman–Crippen LogP) is 7.56. The van der Waals surface area contributed by atoms with Crippen LogP contribution in [-0.2, 0) is 33.0 Å². The van der Waals surface area contributed by atoms with Crippen LogP contribution in [0, 0.1) is 12.7 Å². The Morgan fingerprint density at radius 3 is 2.60 bits per heavy atom. The number of benzene rings is 4. The van der Waals surface area contributed by atoms with Crippen molar-refractivity contribution in [1.29, 1.82) is 0 Å². The first-order chi connectivity index (χ1) is 26.5. The molecule has 0 saturated carbocycles. The van der Waals surface area contributed by atoms with E-state index in [1.807, 2.05) is 55.8 Å². The van der Waals surface area contributed by atoms with Crippen LogP contribution >= 0.6 is 11.6 Å². The number of hydrogen-bond donors (Lipinski definition) is 4. The zero-order valence-corrected chi connectivity index (χ0v) is 31.8. The number of methoxy groups -OCH3 is 1. The largest absolute Gasteiger partial charge is 0.496 e. The summed E-state index contributed by atoms with van der Waals surface area (Å²) in [5.41, 5.74) is 8.33. The van der Waals surface area contributed by atoms with E-state index in [-0.39, 0.29) is 52.7 Å². The van der Waals surface area contributed by atoms with Gasteiger partial charge in [0.25, 0.3) is 5.91 Å². The van der Waals surface area contributed by atoms with Gasteiger partial charge >= 0.3 is 5.97 Å². The third-order valence-corrected chi connectivity index (χ3v) is 11.1. The van der Waals surface area contributed by atoms with E-state index in [9.17, 15) is 19.8 Å². The number of fused-ring (bicyclic) bond motifs is 2. The number of amides is 1. The van der Waals surface area contributed by atoms with Gasteiger partial charge in [-0.3, -0.25) is 9.69 Å². The minimum atomic E-state index is -1.06. The Kier molecular flexibility index (Phi) is 10.8. The van der Waals surface area contributed by atoms with E-state index < -0.39 is 17.9 Å². The second-order valence-corrected chi connectivity index (χ2v) is 14.4. The minimum absolute atomic E-state index is 0.000148. The summed E-state index contributed by atoms with van der Waals surface area (Å²) in [6.07, 6.45) is 1.71. The molecule has 0 saturated heterocycles. The number of halogens is 2. The van der Waals surface area contributed by atoms with Crippen molar-refractivity contribution in [2.24, 2.45) is 7.05 Å². The highest BCUT2D eigenvalue weighted by molar-refractivity contribution is 6.32. The van der Waals surface area contributed by atoms with Crippen LogP contribution in [0.2, 0.25) is 5.02 Å². The molecule has 2 unspecified atom stereocenters. The zero-order chi connectivity index (χ0) is 39.0. The number of aliphatic hydroxyl groups is 1. The Morgan fingerprint density at radius 1 is 1.07 bits per heavy atom. The summed E-state index contributed by atoms with van der Waals surface area (Å²) in [7, 11) is 3.31. The molecule has 5 aromatic rings. The van der Waals surface area contributed by atoms with Crippen molar-refractivity contribution < 1.29 is 33.7 Å². The average Bonchev–Trinajstić information content (AvgIpc) is 3.76. The van der Waals surface area contributed by atoms with Crippen LogP contribution in [-0.4, -0.2) is 62.8 Å². The molecule has 1 aliphatic heterocycles. The van der Waals surface area contributed by atoms with E-state index in [2.05, 4.69) is 21.6 Å². The van der Waals surface area contributed by atoms with Crippen LogP contribution in [0.1, 0.15) is 74.1 Å². The quantitative estimate of drug-likeness (QED) is 0.101. The molecule has 7 rings (SSSR count). The lowest BCUT2D eigenvalue weighted by atomic mass is 9.93. The van der Waals surface area contributed by atoms with E-state index in [4.69, 9.17) is 26.1 Å². The Morgan fingerprint density at radius 2 is 1.84 bits per heavy atom. The number of nitrogens with zero attached hydrogens (tertiary/aromatic N) is 3. The number of carbonyl (C=O) groups is 2. The molecule has 4 aromatic carbocycles. The number of imidazole rings is 1. The summed E-state index contributed by atoms with van der Waals surface area (Å²) in [5.74, 6) is -1.31. The van der Waals surface area contributed by atoms with Crippen LogP contribution < -0.4 is 20.1 Å². The minimum Gasteiger partial charge on any atom is -0.496 e. The van der Waals surface area contributed by atoms with Gasteiger partial charge in [0.1, 0.15) is 22.6 Å². The first kappa shape index (κ1) is 37.9. The number of ether oxygens (including phenoxy) is 2. The highest BCUT2D eigenvalue weighted by Gasteiger charge is 2.31. The van der Waals surface area contributed by atoms with E-state index >= 15 is 4.39 Å². The first-order valence-corrected chi connectivity index (χ1v) is 18.6. The van der Waals surface area contributed by atoms with Crippen LogP contribution in [0.15, 0.2) is 66.7 Å². The molecule has 1 aromatic heterocycles. The van der Waals surface area contributed by atoms with Gasteiger partial charge in [-0.25, -0.2) is 14.2 Å². The third-order valence-electron chi connectivity index (χ3n) is 10.8. The number of carbonyl (C=O) groups excluding carboxylic acids is 1. The number of nitrogens with one attached hydrogen (secondary N) is 2. The molecule has 55 heavy (non-hydrogen) atoms. The number of hydrogen-bond acceptors (Lipinski definition) is 8. The maximum Gasteiger partial charge on any atom is 0.335 e. The lowest BCUT2D eigenvalue weighted by Gasteiger charge is -2.30. The van der Waals surface area contributed by atoms with Crippen molar-refractivity contribution in [3.63, 3.8) is 0 Å². The third kappa shape index (κ3) is 7.37. The monoisotopic (exact) mass is 767 g/mol. The number of aromatic nitrogens is 2. The molecule has 0 bridgehead atoms. The van der Waals surface area contributed by atoms with Crippen LogP contribution in [0.5, 0.6) is 11.5 Å².